The van der Waals surface area contributed by atoms with E-state index in [9.17, 15) is 4.39 Å². The molecule has 0 amide bonds. The largest absolute Gasteiger partial charge is 0.206 e. The van der Waals surface area contributed by atoms with Gasteiger partial charge in [0, 0.05) is 5.54 Å². The maximum Gasteiger partial charge on any atom is 0.137 e. The van der Waals surface area contributed by atoms with Crippen LogP contribution in [0.25, 0.3) is 0 Å². The van der Waals surface area contributed by atoms with Crippen LogP contribution in [0.4, 0.5) is 4.39 Å². The summed E-state index contributed by atoms with van der Waals surface area (Å²) in [6.45, 7) is 0. The summed E-state index contributed by atoms with van der Waals surface area (Å²) >= 11 is 8.78. The average Bonchev–Trinajstić information content (AvgIpc) is 2.34. The van der Waals surface area contributed by atoms with E-state index in [4.69, 9.17) is 11.6 Å². The van der Waals surface area contributed by atoms with Gasteiger partial charge in [-0.1, -0.05) is 23.7 Å². The molecule has 92 valence electrons. The van der Waals surface area contributed by atoms with E-state index in [1.807, 2.05) is 6.07 Å². The van der Waals surface area contributed by atoms with E-state index < -0.39 is 0 Å². The normalized spacial score (nSPS) is 25.4. The highest BCUT2D eigenvalue weighted by atomic mass is 79.9. The van der Waals surface area contributed by atoms with Crippen LogP contribution in [-0.4, -0.2) is 0 Å². The lowest BCUT2D eigenvalue weighted by molar-refractivity contribution is 0.375. The third kappa shape index (κ3) is 3.32. The average molecular weight is 318 g/mol. The summed E-state index contributed by atoms with van der Waals surface area (Å²) in [5.41, 5.74) is 2.74. The van der Waals surface area contributed by atoms with E-state index in [1.165, 1.54) is 0 Å². The molecule has 1 aliphatic carbocycles. The Morgan fingerprint density at radius 2 is 1.94 bits per heavy atom. The predicted octanol–water partition coefficient (Wildman–Crippen LogP) is 5.61. The smallest absolute Gasteiger partial charge is 0.137 e. The Hall–Kier alpha value is -0.340. The molecule has 1 aromatic carbocycles. The van der Waals surface area contributed by atoms with Gasteiger partial charge in [-0.2, -0.15) is 0 Å². The molecule has 2 rings (SSSR count). The van der Waals surface area contributed by atoms with Crippen LogP contribution in [0.1, 0.15) is 37.2 Å². The van der Waals surface area contributed by atoms with Crippen LogP contribution in [0.5, 0.6) is 0 Å². The molecule has 0 heterocycles. The van der Waals surface area contributed by atoms with Gasteiger partial charge >= 0.3 is 0 Å². The van der Waals surface area contributed by atoms with Crippen molar-refractivity contribution in [2.45, 2.75) is 31.6 Å². The zero-order valence-corrected chi connectivity index (χ0v) is 11.8. The number of hydrogen-bond donors (Lipinski definition) is 0. The van der Waals surface area contributed by atoms with E-state index in [1.54, 1.807) is 17.7 Å². The van der Waals surface area contributed by atoms with Gasteiger partial charge in [-0.05, 0) is 71.1 Å². The van der Waals surface area contributed by atoms with Crippen LogP contribution in [-0.2, 0) is 0 Å². The van der Waals surface area contributed by atoms with Crippen molar-refractivity contribution in [2.75, 3.05) is 0 Å². The van der Waals surface area contributed by atoms with E-state index in [0.29, 0.717) is 16.3 Å². The Labute approximate surface area is 115 Å². The monoisotopic (exact) mass is 316 g/mol. The molecule has 17 heavy (non-hydrogen) atoms. The molecular weight excluding hydrogens is 303 g/mol. The standard InChI is InChI=1S/C14H15BrClF/c15-13-6-5-12(9-14(13)17)11-3-1-10(2-4-11)7-8-16/h5-11H,1-4H2/b8-7+. The lowest BCUT2D eigenvalue weighted by Gasteiger charge is -2.27. The first-order valence-corrected chi connectivity index (χ1v) is 7.15. The van der Waals surface area contributed by atoms with Crippen LogP contribution in [0.2, 0.25) is 0 Å². The second kappa shape index (κ2) is 6.01. The Balaban J connectivity index is 2.02. The molecular formula is C14H15BrClF. The maximum atomic E-state index is 13.5. The van der Waals surface area contributed by atoms with Crippen molar-refractivity contribution in [3.05, 3.63) is 45.7 Å². The molecule has 1 fully saturated rings. The first-order chi connectivity index (χ1) is 8.20. The molecule has 1 saturated carbocycles. The minimum atomic E-state index is -0.162. The predicted molar refractivity (Wildman–Crippen MR) is 73.8 cm³/mol. The zero-order chi connectivity index (χ0) is 12.3. The molecule has 1 aromatic rings. The van der Waals surface area contributed by atoms with E-state index >= 15 is 0 Å². The van der Waals surface area contributed by atoms with Gasteiger partial charge in [0.05, 0.1) is 4.47 Å². The summed E-state index contributed by atoms with van der Waals surface area (Å²) < 4.78 is 14.0. The second-order valence-corrected chi connectivity index (χ2v) is 5.71. The summed E-state index contributed by atoms with van der Waals surface area (Å²) in [6.07, 6.45) is 6.59. The van der Waals surface area contributed by atoms with Crippen molar-refractivity contribution >= 4 is 27.5 Å². The van der Waals surface area contributed by atoms with E-state index in [2.05, 4.69) is 22.0 Å². The molecule has 0 N–H and O–H groups in total. The number of allylic oxidation sites excluding steroid dienone is 1. The van der Waals surface area contributed by atoms with Crippen LogP contribution < -0.4 is 0 Å². The number of rotatable bonds is 2. The van der Waals surface area contributed by atoms with Crippen molar-refractivity contribution < 1.29 is 4.39 Å². The van der Waals surface area contributed by atoms with Crippen molar-refractivity contribution in [1.82, 2.24) is 0 Å². The van der Waals surface area contributed by atoms with Crippen LogP contribution >= 0.6 is 27.5 Å². The quantitative estimate of drug-likeness (QED) is 0.664. The Morgan fingerprint density at radius 3 is 2.53 bits per heavy atom. The van der Waals surface area contributed by atoms with Gasteiger partial charge < -0.3 is 0 Å². The molecule has 3 heteroatoms. The summed E-state index contributed by atoms with van der Waals surface area (Å²) in [5, 5.41) is 0. The SMILES string of the molecule is Fc1cc(C2CCC(/C=C/Cl)CC2)ccc1Br. The molecule has 0 aromatic heterocycles. The van der Waals surface area contributed by atoms with Gasteiger partial charge in [-0.15, -0.1) is 0 Å². The molecule has 1 aliphatic rings. The fraction of sp³-hybridized carbons (Fsp3) is 0.429. The molecule has 0 nitrogen and oxygen atoms in total. The third-order valence-electron chi connectivity index (χ3n) is 3.53. The Morgan fingerprint density at radius 1 is 1.24 bits per heavy atom. The molecule has 0 bridgehead atoms. The molecule has 0 atom stereocenters. The fourth-order valence-electron chi connectivity index (χ4n) is 2.51. The summed E-state index contributed by atoms with van der Waals surface area (Å²) in [6, 6.07) is 5.48. The van der Waals surface area contributed by atoms with Crippen molar-refractivity contribution in [3.63, 3.8) is 0 Å². The first-order valence-electron chi connectivity index (χ1n) is 5.92. The number of benzene rings is 1. The molecule has 0 saturated heterocycles. The third-order valence-corrected chi connectivity index (χ3v) is 4.32. The fourth-order valence-corrected chi connectivity index (χ4v) is 2.97. The van der Waals surface area contributed by atoms with Gasteiger partial charge in [0.15, 0.2) is 0 Å². The summed E-state index contributed by atoms with van der Waals surface area (Å²) in [7, 11) is 0. The molecule has 0 unspecified atom stereocenters. The second-order valence-electron chi connectivity index (χ2n) is 4.60. The van der Waals surface area contributed by atoms with Gasteiger partial charge in [0.2, 0.25) is 0 Å². The topological polar surface area (TPSA) is 0 Å². The number of hydrogen-bond acceptors (Lipinski definition) is 0. The van der Waals surface area contributed by atoms with Gasteiger partial charge in [0.25, 0.3) is 0 Å². The van der Waals surface area contributed by atoms with Crippen molar-refractivity contribution in [1.29, 1.82) is 0 Å². The van der Waals surface area contributed by atoms with Crippen molar-refractivity contribution in [2.24, 2.45) is 5.92 Å². The summed E-state index contributed by atoms with van der Waals surface area (Å²) in [4.78, 5) is 0. The molecule has 0 radical (unpaired) electrons. The van der Waals surface area contributed by atoms with Crippen molar-refractivity contribution in [3.8, 4) is 0 Å². The van der Waals surface area contributed by atoms with Gasteiger partial charge in [0.1, 0.15) is 5.82 Å². The lowest BCUT2D eigenvalue weighted by atomic mass is 9.79. The maximum absolute atomic E-state index is 13.5. The van der Waals surface area contributed by atoms with Gasteiger partial charge in [-0.25, -0.2) is 4.39 Å². The van der Waals surface area contributed by atoms with Crippen LogP contribution in [0.3, 0.4) is 0 Å². The molecule has 0 aliphatic heterocycles. The minimum Gasteiger partial charge on any atom is -0.206 e. The zero-order valence-electron chi connectivity index (χ0n) is 9.50. The molecule has 0 spiro atoms. The first kappa shape index (κ1) is 13.1. The summed E-state index contributed by atoms with van der Waals surface area (Å²) in [5.74, 6) is 0.937. The highest BCUT2D eigenvalue weighted by molar-refractivity contribution is 9.10. The lowest BCUT2D eigenvalue weighted by Crippen LogP contribution is -2.11. The van der Waals surface area contributed by atoms with Crippen LogP contribution in [0, 0.1) is 11.7 Å². The van der Waals surface area contributed by atoms with E-state index in [-0.39, 0.29) is 5.82 Å². The van der Waals surface area contributed by atoms with Crippen LogP contribution in [0.15, 0.2) is 34.3 Å². The van der Waals surface area contributed by atoms with Gasteiger partial charge in [-0.3, -0.25) is 0 Å². The highest BCUT2D eigenvalue weighted by Crippen LogP contribution is 2.37. The number of halogens is 3. The minimum absolute atomic E-state index is 0.162. The Kier molecular flexibility index (Phi) is 4.63. The Bertz CT molecular complexity index is 409. The van der Waals surface area contributed by atoms with E-state index in [0.717, 1.165) is 31.2 Å². The highest BCUT2D eigenvalue weighted by Gasteiger charge is 2.21.